The number of benzene rings is 1. The molecule has 1 aromatic carbocycles. The van der Waals surface area contributed by atoms with Crippen LogP contribution in [0.3, 0.4) is 0 Å². The van der Waals surface area contributed by atoms with Crippen molar-refractivity contribution in [1.29, 1.82) is 5.26 Å². The van der Waals surface area contributed by atoms with Crippen molar-refractivity contribution in [3.05, 3.63) is 29.3 Å². The van der Waals surface area contributed by atoms with Gasteiger partial charge in [0.2, 0.25) is 0 Å². The first-order valence-electron chi connectivity index (χ1n) is 6.36. The molecule has 0 spiro atoms. The van der Waals surface area contributed by atoms with Crippen LogP contribution >= 0.6 is 0 Å². The summed E-state index contributed by atoms with van der Waals surface area (Å²) in [4.78, 5) is 0. The molecule has 0 N–H and O–H groups in total. The van der Waals surface area contributed by atoms with E-state index in [9.17, 15) is 8.78 Å². The fraction of sp³-hybridized carbons (Fsp3) is 0.500. The third kappa shape index (κ3) is 2.44. The summed E-state index contributed by atoms with van der Waals surface area (Å²) in [5, 5.41) is 8.84. The molecule has 3 nitrogen and oxygen atoms in total. The first-order chi connectivity index (χ1) is 9.18. The maximum Gasteiger partial charge on any atom is 0.494 e. The van der Waals surface area contributed by atoms with Crippen molar-refractivity contribution >= 4 is 12.6 Å². The van der Waals surface area contributed by atoms with Crippen molar-refractivity contribution in [1.82, 2.24) is 0 Å². The normalized spacial score (nSPS) is 20.2. The minimum atomic E-state index is -2.70. The van der Waals surface area contributed by atoms with Gasteiger partial charge in [0, 0.05) is 5.56 Å². The van der Waals surface area contributed by atoms with Gasteiger partial charge < -0.3 is 9.31 Å². The molecule has 1 aromatic rings. The van der Waals surface area contributed by atoms with E-state index in [1.54, 1.807) is 12.1 Å². The van der Waals surface area contributed by atoms with Crippen LogP contribution in [-0.2, 0) is 9.31 Å². The van der Waals surface area contributed by atoms with E-state index in [2.05, 4.69) is 0 Å². The fourth-order valence-corrected chi connectivity index (χ4v) is 1.99. The van der Waals surface area contributed by atoms with E-state index in [0.29, 0.717) is 5.46 Å². The lowest BCUT2D eigenvalue weighted by Crippen LogP contribution is -2.41. The Morgan fingerprint density at radius 2 is 1.70 bits per heavy atom. The molecule has 0 unspecified atom stereocenters. The molecule has 1 fully saturated rings. The summed E-state index contributed by atoms with van der Waals surface area (Å²) in [6, 6.07) is 6.02. The van der Waals surface area contributed by atoms with Crippen molar-refractivity contribution in [3.8, 4) is 6.07 Å². The molecule has 0 amide bonds. The first-order valence-corrected chi connectivity index (χ1v) is 6.36. The highest BCUT2D eigenvalue weighted by Crippen LogP contribution is 2.36. The largest absolute Gasteiger partial charge is 0.494 e. The number of hydrogen-bond donors (Lipinski definition) is 0. The highest BCUT2D eigenvalue weighted by atomic mass is 19.3. The standard InChI is InChI=1S/C14H16BF2NO2/c1-13(2)14(3,4)20-15(19-13)10-6-5-9(8-18)11(7-10)12(16)17/h5-7,12H,1-4H3. The molecule has 0 bridgehead atoms. The maximum atomic E-state index is 13.0. The van der Waals surface area contributed by atoms with Crippen LogP contribution in [0.25, 0.3) is 0 Å². The molecule has 1 heterocycles. The predicted molar refractivity (Wildman–Crippen MR) is 71.8 cm³/mol. The van der Waals surface area contributed by atoms with Gasteiger partial charge in [0.15, 0.2) is 0 Å². The molecular formula is C14H16BF2NO2. The smallest absolute Gasteiger partial charge is 0.399 e. The second-order valence-corrected chi connectivity index (χ2v) is 5.85. The Kier molecular flexibility index (Phi) is 3.61. The topological polar surface area (TPSA) is 42.2 Å². The van der Waals surface area contributed by atoms with Gasteiger partial charge >= 0.3 is 7.12 Å². The number of rotatable bonds is 2. The van der Waals surface area contributed by atoms with Crippen LogP contribution in [0.2, 0.25) is 0 Å². The Morgan fingerprint density at radius 3 is 2.15 bits per heavy atom. The van der Waals surface area contributed by atoms with E-state index >= 15 is 0 Å². The van der Waals surface area contributed by atoms with Crippen molar-refractivity contribution in [2.45, 2.75) is 45.3 Å². The average molecular weight is 279 g/mol. The molecule has 1 saturated heterocycles. The van der Waals surface area contributed by atoms with Gasteiger partial charge in [-0.05, 0) is 39.2 Å². The zero-order chi connectivity index (χ0) is 15.1. The van der Waals surface area contributed by atoms with Crippen LogP contribution in [0.4, 0.5) is 8.78 Å². The Hall–Kier alpha value is -1.45. The minimum absolute atomic E-state index is 0.0275. The number of halogens is 2. The van der Waals surface area contributed by atoms with Crippen LogP contribution in [0.15, 0.2) is 18.2 Å². The van der Waals surface area contributed by atoms with Gasteiger partial charge in [-0.1, -0.05) is 12.1 Å². The van der Waals surface area contributed by atoms with E-state index in [0.717, 1.165) is 0 Å². The summed E-state index contributed by atoms with van der Waals surface area (Å²) >= 11 is 0. The predicted octanol–water partition coefficient (Wildman–Crippen LogP) is 2.80. The van der Waals surface area contributed by atoms with Crippen molar-refractivity contribution in [2.75, 3.05) is 0 Å². The SMILES string of the molecule is CC1(C)OB(c2ccc(C#N)c(C(F)F)c2)OC1(C)C. The number of hydrogen-bond acceptors (Lipinski definition) is 3. The van der Waals surface area contributed by atoms with Gasteiger partial charge in [0.25, 0.3) is 6.43 Å². The minimum Gasteiger partial charge on any atom is -0.399 e. The van der Waals surface area contributed by atoms with E-state index in [1.807, 2.05) is 27.7 Å². The summed E-state index contributed by atoms with van der Waals surface area (Å²) in [5.41, 5.74) is -0.884. The lowest BCUT2D eigenvalue weighted by atomic mass is 9.78. The Balaban J connectivity index is 2.37. The zero-order valence-electron chi connectivity index (χ0n) is 11.9. The van der Waals surface area contributed by atoms with Crippen molar-refractivity contribution in [2.24, 2.45) is 0 Å². The highest BCUT2D eigenvalue weighted by molar-refractivity contribution is 6.62. The summed E-state index contributed by atoms with van der Waals surface area (Å²) in [5.74, 6) is 0. The van der Waals surface area contributed by atoms with E-state index in [4.69, 9.17) is 14.6 Å². The van der Waals surface area contributed by atoms with Gasteiger partial charge in [-0.25, -0.2) is 8.78 Å². The van der Waals surface area contributed by atoms with Crippen LogP contribution in [0.1, 0.15) is 45.2 Å². The molecule has 0 atom stereocenters. The summed E-state index contributed by atoms with van der Waals surface area (Å²) in [7, 11) is -0.703. The number of nitrogens with zero attached hydrogens (tertiary/aromatic N) is 1. The molecule has 6 heteroatoms. The van der Waals surface area contributed by atoms with Gasteiger partial charge in [-0.3, -0.25) is 0 Å². The molecule has 0 aromatic heterocycles. The quantitative estimate of drug-likeness (QED) is 0.782. The van der Waals surface area contributed by atoms with Gasteiger partial charge in [0.05, 0.1) is 22.8 Å². The van der Waals surface area contributed by atoms with Gasteiger partial charge in [0.1, 0.15) is 0 Å². The molecule has 0 radical (unpaired) electrons. The molecule has 1 aliphatic heterocycles. The number of alkyl halides is 2. The summed E-state index contributed by atoms with van der Waals surface area (Å²) < 4.78 is 37.5. The second-order valence-electron chi connectivity index (χ2n) is 5.85. The zero-order valence-corrected chi connectivity index (χ0v) is 11.9. The molecule has 20 heavy (non-hydrogen) atoms. The maximum absolute atomic E-state index is 13.0. The molecule has 1 aliphatic rings. The monoisotopic (exact) mass is 279 g/mol. The number of nitriles is 1. The highest BCUT2D eigenvalue weighted by Gasteiger charge is 2.51. The van der Waals surface area contributed by atoms with E-state index in [1.165, 1.54) is 12.1 Å². The van der Waals surface area contributed by atoms with E-state index < -0.39 is 24.7 Å². The van der Waals surface area contributed by atoms with Crippen LogP contribution < -0.4 is 5.46 Å². The molecule has 0 aliphatic carbocycles. The lowest BCUT2D eigenvalue weighted by Gasteiger charge is -2.32. The van der Waals surface area contributed by atoms with Crippen molar-refractivity contribution < 1.29 is 18.1 Å². The molecule has 0 saturated carbocycles. The Labute approximate surface area is 117 Å². The Morgan fingerprint density at radius 1 is 1.15 bits per heavy atom. The average Bonchev–Trinajstić information content (AvgIpc) is 2.57. The van der Waals surface area contributed by atoms with Crippen LogP contribution in [0.5, 0.6) is 0 Å². The third-order valence-electron chi connectivity index (χ3n) is 3.96. The Bertz CT molecular complexity index is 551. The molecular weight excluding hydrogens is 263 g/mol. The van der Waals surface area contributed by atoms with Crippen molar-refractivity contribution in [3.63, 3.8) is 0 Å². The summed E-state index contributed by atoms with van der Waals surface area (Å²) in [6.07, 6.45) is -2.70. The van der Waals surface area contributed by atoms with Crippen LogP contribution in [0, 0.1) is 11.3 Å². The second kappa shape index (κ2) is 4.83. The molecule has 2 rings (SSSR count). The van der Waals surface area contributed by atoms with Gasteiger partial charge in [-0.15, -0.1) is 0 Å². The lowest BCUT2D eigenvalue weighted by molar-refractivity contribution is 0.00578. The first kappa shape index (κ1) is 15.0. The molecule has 106 valence electrons. The van der Waals surface area contributed by atoms with Gasteiger partial charge in [-0.2, -0.15) is 5.26 Å². The van der Waals surface area contributed by atoms with Crippen LogP contribution in [-0.4, -0.2) is 18.3 Å². The third-order valence-corrected chi connectivity index (χ3v) is 3.96. The fourth-order valence-electron chi connectivity index (χ4n) is 1.99. The summed E-state index contributed by atoms with van der Waals surface area (Å²) in [6.45, 7) is 7.57. The van der Waals surface area contributed by atoms with E-state index in [-0.39, 0.29) is 11.1 Å².